The average molecular weight is 415 g/mol. The molecule has 1 saturated carbocycles. The summed E-state index contributed by atoms with van der Waals surface area (Å²) in [5, 5.41) is 20.4. The Morgan fingerprint density at radius 1 is 1.34 bits per heavy atom. The number of alkyl halides is 1. The van der Waals surface area contributed by atoms with Gasteiger partial charge in [0, 0.05) is 32.1 Å². The van der Waals surface area contributed by atoms with Crippen molar-refractivity contribution in [3.8, 4) is 22.0 Å². The molecule has 3 aromatic rings. The lowest BCUT2D eigenvalue weighted by atomic mass is 9.95. The third-order valence-corrected chi connectivity index (χ3v) is 7.66. The van der Waals surface area contributed by atoms with E-state index >= 15 is 4.39 Å². The number of fused-ring (bicyclic) bond motifs is 2. The van der Waals surface area contributed by atoms with E-state index in [9.17, 15) is 5.11 Å². The number of nitrogens with zero attached hydrogens (tertiary/aromatic N) is 6. The van der Waals surface area contributed by atoms with Crippen molar-refractivity contribution in [3.05, 3.63) is 36.9 Å². The van der Waals surface area contributed by atoms with Crippen LogP contribution in [-0.4, -0.2) is 68.1 Å². The van der Waals surface area contributed by atoms with Gasteiger partial charge in [-0.15, -0.1) is 10.2 Å². The lowest BCUT2D eigenvalue weighted by Crippen LogP contribution is -2.57. The standard InChI is InChI=1S/C20H23FN6OS/c1-20-9-12(10-25(20)2)16(17(20)21)26(3)19-24-23-18(29-19)14-5-4-13(8-15(14)28)27-7-6-22-11-27/h4-8,11-12,16-17,28H,9-10H2,1-3H3/t12?,16-,17-,20-/m1/s1. The molecule has 0 spiro atoms. The summed E-state index contributed by atoms with van der Waals surface area (Å²) in [7, 11) is 3.90. The van der Waals surface area contributed by atoms with E-state index in [2.05, 4.69) is 20.1 Å². The van der Waals surface area contributed by atoms with Gasteiger partial charge in [0.15, 0.2) is 5.01 Å². The number of phenols is 1. The van der Waals surface area contributed by atoms with Crippen LogP contribution in [0.25, 0.3) is 16.3 Å². The van der Waals surface area contributed by atoms with Crippen LogP contribution in [0.1, 0.15) is 13.3 Å². The number of hydrogen-bond donors (Lipinski definition) is 1. The number of piperidine rings is 1. The Labute approximate surface area is 172 Å². The Morgan fingerprint density at radius 2 is 2.17 bits per heavy atom. The van der Waals surface area contributed by atoms with Gasteiger partial charge in [0.1, 0.15) is 11.9 Å². The number of halogens is 1. The molecule has 29 heavy (non-hydrogen) atoms. The van der Waals surface area contributed by atoms with Crippen molar-refractivity contribution in [2.24, 2.45) is 5.92 Å². The van der Waals surface area contributed by atoms with E-state index in [0.29, 0.717) is 15.7 Å². The number of likely N-dealkylation sites (tertiary alicyclic amines) is 1. The summed E-state index contributed by atoms with van der Waals surface area (Å²) in [5.41, 5.74) is 1.02. The van der Waals surface area contributed by atoms with Crippen molar-refractivity contribution in [1.29, 1.82) is 0 Å². The molecule has 1 N–H and O–H groups in total. The highest BCUT2D eigenvalue weighted by molar-refractivity contribution is 7.18. The van der Waals surface area contributed by atoms with Crippen LogP contribution < -0.4 is 4.90 Å². The minimum Gasteiger partial charge on any atom is -0.507 e. The van der Waals surface area contributed by atoms with Crippen LogP contribution in [0.3, 0.4) is 0 Å². The summed E-state index contributed by atoms with van der Waals surface area (Å²) in [4.78, 5) is 8.10. The highest BCUT2D eigenvalue weighted by Gasteiger charge is 2.60. The molecule has 0 amide bonds. The van der Waals surface area contributed by atoms with Crippen molar-refractivity contribution < 1.29 is 9.50 Å². The molecular formula is C20H23FN6OS. The van der Waals surface area contributed by atoms with Crippen LogP contribution >= 0.6 is 11.3 Å². The minimum atomic E-state index is -0.938. The van der Waals surface area contributed by atoms with E-state index in [1.807, 2.05) is 48.8 Å². The van der Waals surface area contributed by atoms with E-state index in [1.165, 1.54) is 11.3 Å². The number of aromatic nitrogens is 4. The molecule has 1 aliphatic carbocycles. The Morgan fingerprint density at radius 3 is 2.83 bits per heavy atom. The first-order valence-corrected chi connectivity index (χ1v) is 10.4. The fraction of sp³-hybridized carbons (Fsp3) is 0.450. The van der Waals surface area contributed by atoms with Gasteiger partial charge < -0.3 is 14.6 Å². The van der Waals surface area contributed by atoms with E-state index in [1.54, 1.807) is 18.6 Å². The number of phenolic OH excluding ortho intramolecular Hbond substituents is 1. The summed E-state index contributed by atoms with van der Waals surface area (Å²) in [6.07, 6.45) is 5.10. The van der Waals surface area contributed by atoms with E-state index in [0.717, 1.165) is 18.7 Å². The molecule has 1 aromatic carbocycles. The first-order valence-electron chi connectivity index (χ1n) is 9.62. The first kappa shape index (κ1) is 18.5. The summed E-state index contributed by atoms with van der Waals surface area (Å²) < 4.78 is 17.1. The topological polar surface area (TPSA) is 70.3 Å². The molecule has 1 aliphatic heterocycles. The number of hydrogen-bond acceptors (Lipinski definition) is 7. The monoisotopic (exact) mass is 414 g/mol. The van der Waals surface area contributed by atoms with Gasteiger partial charge in [0.05, 0.1) is 29.2 Å². The second-order valence-electron chi connectivity index (χ2n) is 8.27. The molecule has 2 bridgehead atoms. The third-order valence-electron chi connectivity index (χ3n) is 6.61. The molecule has 5 rings (SSSR count). The minimum absolute atomic E-state index is 0.124. The van der Waals surface area contributed by atoms with Gasteiger partial charge in [-0.05, 0) is 38.4 Å². The zero-order valence-corrected chi connectivity index (χ0v) is 17.3. The molecule has 4 atom stereocenters. The smallest absolute Gasteiger partial charge is 0.208 e. The van der Waals surface area contributed by atoms with Crippen LogP contribution in [0.5, 0.6) is 5.75 Å². The summed E-state index contributed by atoms with van der Waals surface area (Å²) in [5.74, 6) is 0.402. The zero-order chi connectivity index (χ0) is 20.3. The Balaban J connectivity index is 1.40. The second kappa shape index (κ2) is 6.50. The van der Waals surface area contributed by atoms with Crippen LogP contribution in [-0.2, 0) is 0 Å². The number of anilines is 1. The maximum Gasteiger partial charge on any atom is 0.208 e. The van der Waals surface area contributed by atoms with Crippen LogP contribution in [0.4, 0.5) is 9.52 Å². The third kappa shape index (κ3) is 2.75. The van der Waals surface area contributed by atoms with Crippen molar-refractivity contribution in [1.82, 2.24) is 24.6 Å². The quantitative estimate of drug-likeness (QED) is 0.708. The SMILES string of the molecule is CN(c1nnc(-c2ccc(-n3ccnc3)cc2O)s1)[C@@H]1C2CN(C)[C@](C)(C2)[C@@H]1F. The second-order valence-corrected chi connectivity index (χ2v) is 9.22. The Hall–Kier alpha value is -2.52. The first-order chi connectivity index (χ1) is 13.9. The normalized spacial score (nSPS) is 28.9. The van der Waals surface area contributed by atoms with Gasteiger partial charge in [-0.2, -0.15) is 0 Å². The Bertz CT molecular complexity index is 1040. The average Bonchev–Trinajstić information content (AvgIpc) is 3.45. The largest absolute Gasteiger partial charge is 0.507 e. The molecule has 1 unspecified atom stereocenters. The van der Waals surface area contributed by atoms with Gasteiger partial charge in [0.25, 0.3) is 0 Å². The maximum absolute atomic E-state index is 15.3. The van der Waals surface area contributed by atoms with Gasteiger partial charge in [-0.1, -0.05) is 11.3 Å². The van der Waals surface area contributed by atoms with Gasteiger partial charge in [0.2, 0.25) is 5.13 Å². The lowest BCUT2D eigenvalue weighted by Gasteiger charge is -2.42. The molecule has 2 fully saturated rings. The molecule has 3 heterocycles. The molecular weight excluding hydrogens is 391 g/mol. The number of imidazole rings is 1. The van der Waals surface area contributed by atoms with Gasteiger partial charge in [-0.25, -0.2) is 9.37 Å². The zero-order valence-electron chi connectivity index (χ0n) is 16.5. The van der Waals surface area contributed by atoms with Crippen molar-refractivity contribution in [2.75, 3.05) is 25.5 Å². The van der Waals surface area contributed by atoms with Crippen molar-refractivity contribution in [3.63, 3.8) is 0 Å². The summed E-state index contributed by atoms with van der Waals surface area (Å²) in [6, 6.07) is 5.19. The van der Waals surface area contributed by atoms with E-state index in [4.69, 9.17) is 0 Å². The van der Waals surface area contributed by atoms with Crippen LogP contribution in [0.2, 0.25) is 0 Å². The number of rotatable bonds is 4. The highest BCUT2D eigenvalue weighted by Crippen LogP contribution is 2.50. The van der Waals surface area contributed by atoms with Crippen LogP contribution in [0.15, 0.2) is 36.9 Å². The van der Waals surface area contributed by atoms with E-state index < -0.39 is 11.7 Å². The predicted molar refractivity (Wildman–Crippen MR) is 110 cm³/mol. The molecule has 152 valence electrons. The molecule has 2 aromatic heterocycles. The summed E-state index contributed by atoms with van der Waals surface area (Å²) >= 11 is 1.37. The van der Waals surface area contributed by atoms with Gasteiger partial charge >= 0.3 is 0 Å². The molecule has 1 saturated heterocycles. The fourth-order valence-corrected chi connectivity index (χ4v) is 5.73. The predicted octanol–water partition coefficient (Wildman–Crippen LogP) is 2.96. The number of aromatic hydroxyl groups is 1. The molecule has 2 aliphatic rings. The van der Waals surface area contributed by atoms with Crippen LogP contribution in [0, 0.1) is 5.92 Å². The summed E-state index contributed by atoms with van der Waals surface area (Å²) in [6.45, 7) is 2.91. The fourth-order valence-electron chi connectivity index (χ4n) is 4.85. The van der Waals surface area contributed by atoms with Crippen molar-refractivity contribution in [2.45, 2.75) is 31.1 Å². The molecule has 7 nitrogen and oxygen atoms in total. The molecule has 0 radical (unpaired) electrons. The molecule has 9 heteroatoms. The van der Waals surface area contributed by atoms with E-state index in [-0.39, 0.29) is 17.7 Å². The number of benzene rings is 1. The maximum atomic E-state index is 15.3. The van der Waals surface area contributed by atoms with Crippen molar-refractivity contribution >= 4 is 16.5 Å². The van der Waals surface area contributed by atoms with Gasteiger partial charge in [-0.3, -0.25) is 4.90 Å². The lowest BCUT2D eigenvalue weighted by molar-refractivity contribution is 0.0573. The Kier molecular flexibility index (Phi) is 4.15. The highest BCUT2D eigenvalue weighted by atomic mass is 32.1.